The molecular weight excluding hydrogens is 342 g/mol. The molecule has 1 saturated carbocycles. The fraction of sp³-hybridized carbons (Fsp3) is 0.600. The van der Waals surface area contributed by atoms with E-state index >= 15 is 0 Å². The number of rotatable bonds is 2. The van der Waals surface area contributed by atoms with E-state index in [0.717, 1.165) is 36.9 Å². The Morgan fingerprint density at radius 3 is 2.48 bits per heavy atom. The monoisotopic (exact) mass is 371 g/mol. The third-order valence-electron chi connectivity index (χ3n) is 5.50. The van der Waals surface area contributed by atoms with Gasteiger partial charge in [0.05, 0.1) is 13.2 Å². The molecule has 1 aromatic carbocycles. The number of nitrogens with zero attached hydrogens (tertiary/aromatic N) is 3. The molecule has 4 rings (SSSR count). The smallest absolute Gasteiger partial charge is 0.220 e. The van der Waals surface area contributed by atoms with Crippen molar-refractivity contribution in [2.45, 2.75) is 57.9 Å². The zero-order valence-electron chi connectivity index (χ0n) is 16.1. The lowest BCUT2D eigenvalue weighted by molar-refractivity contribution is -0.226. The average molecular weight is 371 g/mol. The molecule has 1 saturated heterocycles. The van der Waals surface area contributed by atoms with Crippen molar-refractivity contribution in [2.24, 2.45) is 26.9 Å². The molecule has 3 aliphatic rings. The van der Waals surface area contributed by atoms with Gasteiger partial charge in [-0.05, 0) is 37.8 Å². The Balaban J connectivity index is 1.65. The Hall–Kier alpha value is -2.12. The summed E-state index contributed by atoms with van der Waals surface area (Å²) in [6, 6.07) is 8.13. The molecule has 2 heterocycles. The highest BCUT2D eigenvalue weighted by Gasteiger charge is 2.42. The van der Waals surface area contributed by atoms with Gasteiger partial charge in [-0.3, -0.25) is 4.90 Å². The zero-order chi connectivity index (χ0) is 19.1. The maximum atomic E-state index is 6.32. The normalized spacial score (nSPS) is 25.2. The van der Waals surface area contributed by atoms with Gasteiger partial charge < -0.3 is 20.9 Å². The molecule has 27 heavy (non-hydrogen) atoms. The van der Waals surface area contributed by atoms with Crippen LogP contribution in [0.4, 0.5) is 5.69 Å². The van der Waals surface area contributed by atoms with Crippen molar-refractivity contribution in [3.63, 3.8) is 0 Å². The quantitative estimate of drug-likeness (QED) is 0.833. The second-order valence-electron chi connectivity index (χ2n) is 8.53. The van der Waals surface area contributed by atoms with Crippen LogP contribution in [-0.4, -0.2) is 30.8 Å². The average Bonchev–Trinajstić information content (AvgIpc) is 2.62. The standard InChI is InChI=1S/C20H29N5O2/c1-19(2)12-26-16(27-13-19)14-7-6-8-15(11-14)25-18(22)23-17(21)24-20(25)9-4-3-5-10-20/h6-8,11,16H,3-5,9-10,12-13H2,1-2H3,(H4,21,22,23,24). The summed E-state index contributed by atoms with van der Waals surface area (Å²) in [4.78, 5) is 11.0. The number of ether oxygens (including phenoxy) is 2. The Labute approximate surface area is 160 Å². The Morgan fingerprint density at radius 1 is 1.07 bits per heavy atom. The molecule has 0 radical (unpaired) electrons. The first-order valence-electron chi connectivity index (χ1n) is 9.72. The van der Waals surface area contributed by atoms with E-state index in [1.807, 2.05) is 23.1 Å². The van der Waals surface area contributed by atoms with Crippen molar-refractivity contribution in [2.75, 3.05) is 18.1 Å². The number of guanidine groups is 2. The van der Waals surface area contributed by atoms with Crippen molar-refractivity contribution in [3.8, 4) is 0 Å². The lowest BCUT2D eigenvalue weighted by Gasteiger charge is -2.45. The molecule has 1 aliphatic carbocycles. The van der Waals surface area contributed by atoms with E-state index in [9.17, 15) is 0 Å². The summed E-state index contributed by atoms with van der Waals surface area (Å²) in [6.07, 6.45) is 4.88. The molecule has 0 bridgehead atoms. The van der Waals surface area contributed by atoms with E-state index in [1.54, 1.807) is 0 Å². The first kappa shape index (κ1) is 18.3. The second kappa shape index (κ2) is 6.80. The molecule has 7 nitrogen and oxygen atoms in total. The highest BCUT2D eigenvalue weighted by atomic mass is 16.7. The summed E-state index contributed by atoms with van der Waals surface area (Å²) in [5.74, 6) is 0.663. The molecule has 1 aromatic rings. The van der Waals surface area contributed by atoms with Gasteiger partial charge >= 0.3 is 0 Å². The summed E-state index contributed by atoms with van der Waals surface area (Å²) < 4.78 is 11.9. The van der Waals surface area contributed by atoms with E-state index < -0.39 is 5.66 Å². The van der Waals surface area contributed by atoms with Crippen LogP contribution >= 0.6 is 0 Å². The topological polar surface area (TPSA) is 98.5 Å². The van der Waals surface area contributed by atoms with Crippen molar-refractivity contribution >= 4 is 17.6 Å². The minimum Gasteiger partial charge on any atom is -0.369 e. The van der Waals surface area contributed by atoms with Crippen LogP contribution < -0.4 is 16.4 Å². The summed E-state index contributed by atoms with van der Waals surface area (Å²) >= 11 is 0. The fourth-order valence-corrected chi connectivity index (χ4v) is 4.19. The lowest BCUT2D eigenvalue weighted by atomic mass is 9.87. The van der Waals surface area contributed by atoms with Gasteiger partial charge in [0.25, 0.3) is 0 Å². The van der Waals surface area contributed by atoms with Crippen LogP contribution in [0.3, 0.4) is 0 Å². The number of anilines is 1. The SMILES string of the molecule is CC1(C)COC(c2cccc(N3C(N)=NC(N)=NC34CCCCC4)c2)OC1. The minimum atomic E-state index is -0.441. The number of aliphatic imine (C=N–C) groups is 2. The van der Waals surface area contributed by atoms with Gasteiger partial charge in [0, 0.05) is 16.7 Å². The van der Waals surface area contributed by atoms with Crippen LogP contribution in [0, 0.1) is 5.41 Å². The van der Waals surface area contributed by atoms with Crippen molar-refractivity contribution in [3.05, 3.63) is 29.8 Å². The molecule has 7 heteroatoms. The van der Waals surface area contributed by atoms with E-state index in [1.165, 1.54) is 6.42 Å². The third kappa shape index (κ3) is 3.53. The first-order chi connectivity index (χ1) is 12.9. The zero-order valence-corrected chi connectivity index (χ0v) is 16.1. The highest BCUT2D eigenvalue weighted by molar-refractivity contribution is 6.05. The van der Waals surface area contributed by atoms with Crippen molar-refractivity contribution < 1.29 is 9.47 Å². The van der Waals surface area contributed by atoms with Gasteiger partial charge in [-0.1, -0.05) is 32.4 Å². The van der Waals surface area contributed by atoms with Gasteiger partial charge in [-0.2, -0.15) is 4.99 Å². The van der Waals surface area contributed by atoms with Crippen LogP contribution in [0.5, 0.6) is 0 Å². The van der Waals surface area contributed by atoms with Crippen molar-refractivity contribution in [1.82, 2.24) is 0 Å². The lowest BCUT2D eigenvalue weighted by Crippen LogP contribution is -2.58. The number of hydrogen-bond donors (Lipinski definition) is 2. The van der Waals surface area contributed by atoms with Gasteiger partial charge in [-0.25, -0.2) is 4.99 Å². The second-order valence-corrected chi connectivity index (χ2v) is 8.53. The number of nitrogens with two attached hydrogens (primary N) is 2. The van der Waals surface area contributed by atoms with Crippen LogP contribution in [0.25, 0.3) is 0 Å². The molecule has 146 valence electrons. The summed E-state index contributed by atoms with van der Waals surface area (Å²) in [7, 11) is 0. The molecule has 0 amide bonds. The van der Waals surface area contributed by atoms with Crippen LogP contribution in [0.15, 0.2) is 34.3 Å². The van der Waals surface area contributed by atoms with Crippen LogP contribution in [-0.2, 0) is 9.47 Å². The van der Waals surface area contributed by atoms with Gasteiger partial charge in [-0.15, -0.1) is 0 Å². The maximum Gasteiger partial charge on any atom is 0.220 e. The number of hydrogen-bond acceptors (Lipinski definition) is 7. The third-order valence-corrected chi connectivity index (χ3v) is 5.50. The molecule has 0 atom stereocenters. The molecule has 4 N–H and O–H groups in total. The molecule has 0 aromatic heterocycles. The maximum absolute atomic E-state index is 6.32. The van der Waals surface area contributed by atoms with Crippen LogP contribution in [0.1, 0.15) is 57.8 Å². The van der Waals surface area contributed by atoms with E-state index in [-0.39, 0.29) is 17.7 Å². The highest BCUT2D eigenvalue weighted by Crippen LogP contribution is 2.40. The largest absolute Gasteiger partial charge is 0.369 e. The van der Waals surface area contributed by atoms with Gasteiger partial charge in [0.1, 0.15) is 5.66 Å². The summed E-state index contributed by atoms with van der Waals surface area (Å²) in [5, 5.41) is 0. The predicted octanol–water partition coefficient (Wildman–Crippen LogP) is 2.87. The molecule has 2 aliphatic heterocycles. The van der Waals surface area contributed by atoms with Crippen LogP contribution in [0.2, 0.25) is 0 Å². The van der Waals surface area contributed by atoms with E-state index in [2.05, 4.69) is 24.9 Å². The molecular formula is C20H29N5O2. The molecule has 0 unspecified atom stereocenters. The molecule has 2 fully saturated rings. The number of benzene rings is 1. The Kier molecular flexibility index (Phi) is 4.60. The summed E-state index contributed by atoms with van der Waals surface area (Å²) in [6.45, 7) is 5.61. The minimum absolute atomic E-state index is 0.0382. The molecule has 1 spiro atoms. The Morgan fingerprint density at radius 2 is 1.78 bits per heavy atom. The van der Waals surface area contributed by atoms with E-state index in [0.29, 0.717) is 19.2 Å². The van der Waals surface area contributed by atoms with E-state index in [4.69, 9.17) is 25.9 Å². The summed E-state index contributed by atoms with van der Waals surface area (Å²) in [5.41, 5.74) is 13.8. The Bertz CT molecular complexity index is 757. The first-order valence-corrected chi connectivity index (χ1v) is 9.72. The van der Waals surface area contributed by atoms with Crippen molar-refractivity contribution in [1.29, 1.82) is 0 Å². The van der Waals surface area contributed by atoms with Gasteiger partial charge in [0.15, 0.2) is 6.29 Å². The van der Waals surface area contributed by atoms with Gasteiger partial charge in [0.2, 0.25) is 11.9 Å². The fourth-order valence-electron chi connectivity index (χ4n) is 4.19. The predicted molar refractivity (Wildman–Crippen MR) is 106 cm³/mol.